The van der Waals surface area contributed by atoms with Gasteiger partial charge in [0.25, 0.3) is 0 Å². The van der Waals surface area contributed by atoms with Crippen molar-refractivity contribution in [1.82, 2.24) is 9.55 Å². The van der Waals surface area contributed by atoms with Gasteiger partial charge in [0.2, 0.25) is 5.95 Å². The largest absolute Gasteiger partial charge is 0.383 e. The summed E-state index contributed by atoms with van der Waals surface area (Å²) in [5.41, 5.74) is 0.963. The van der Waals surface area contributed by atoms with Crippen molar-refractivity contribution in [3.8, 4) is 0 Å². The zero-order valence-corrected chi connectivity index (χ0v) is 12.6. The van der Waals surface area contributed by atoms with Gasteiger partial charge in [0.05, 0.1) is 18.3 Å². The fourth-order valence-corrected chi connectivity index (χ4v) is 2.68. The molecule has 0 fully saturated rings. The molecular formula is C12H23N3O2S. The molecule has 1 heterocycles. The molecule has 3 unspecified atom stereocenters. The van der Waals surface area contributed by atoms with E-state index in [0.29, 0.717) is 12.4 Å². The van der Waals surface area contributed by atoms with Crippen LogP contribution in [0.15, 0.2) is 6.20 Å². The minimum atomic E-state index is -0.807. The van der Waals surface area contributed by atoms with Crippen molar-refractivity contribution in [2.75, 3.05) is 31.0 Å². The molecule has 1 rings (SSSR count). The molecule has 5 nitrogen and oxygen atoms in total. The lowest BCUT2D eigenvalue weighted by atomic mass is 10.3. The molecule has 6 heteroatoms. The van der Waals surface area contributed by atoms with Gasteiger partial charge in [-0.15, -0.1) is 0 Å². The highest BCUT2D eigenvalue weighted by Gasteiger charge is 2.14. The topological polar surface area (TPSA) is 56.1 Å². The number of methoxy groups -OCH3 is 1. The maximum absolute atomic E-state index is 11.2. The van der Waals surface area contributed by atoms with E-state index < -0.39 is 10.8 Å². The molecule has 3 atom stereocenters. The molecule has 104 valence electrons. The summed E-state index contributed by atoms with van der Waals surface area (Å²) in [6.07, 6.45) is 3.71. The molecular weight excluding hydrogens is 250 g/mol. The first-order valence-corrected chi connectivity index (χ1v) is 7.77. The Morgan fingerprint density at radius 1 is 1.56 bits per heavy atom. The van der Waals surface area contributed by atoms with Crippen molar-refractivity contribution in [1.29, 1.82) is 0 Å². The van der Waals surface area contributed by atoms with Crippen molar-refractivity contribution in [2.24, 2.45) is 0 Å². The van der Waals surface area contributed by atoms with E-state index in [1.807, 2.05) is 20.0 Å². The third-order valence-corrected chi connectivity index (χ3v) is 3.57. The van der Waals surface area contributed by atoms with Gasteiger partial charge in [-0.1, -0.05) is 0 Å². The second kappa shape index (κ2) is 6.89. The highest BCUT2D eigenvalue weighted by molar-refractivity contribution is 7.84. The van der Waals surface area contributed by atoms with Gasteiger partial charge in [-0.05, 0) is 20.8 Å². The molecule has 0 bridgehead atoms. The van der Waals surface area contributed by atoms with Crippen LogP contribution in [0.3, 0.4) is 0 Å². The summed E-state index contributed by atoms with van der Waals surface area (Å²) in [6, 6.07) is 0.351. The molecule has 0 aliphatic rings. The molecule has 0 aromatic carbocycles. The van der Waals surface area contributed by atoms with Crippen LogP contribution in [0.2, 0.25) is 0 Å². The predicted octanol–water partition coefficient (Wildman–Crippen LogP) is 1.58. The van der Waals surface area contributed by atoms with Gasteiger partial charge in [-0.25, -0.2) is 4.98 Å². The van der Waals surface area contributed by atoms with E-state index in [1.165, 1.54) is 0 Å². The fraction of sp³-hybridized carbons (Fsp3) is 0.750. The number of rotatable bonds is 7. The van der Waals surface area contributed by atoms with Gasteiger partial charge in [0, 0.05) is 42.2 Å². The van der Waals surface area contributed by atoms with E-state index in [1.54, 1.807) is 13.4 Å². The highest BCUT2D eigenvalue weighted by Crippen LogP contribution is 2.17. The van der Waals surface area contributed by atoms with Crippen LogP contribution in [-0.4, -0.2) is 45.5 Å². The van der Waals surface area contributed by atoms with Crippen LogP contribution < -0.4 is 5.32 Å². The van der Waals surface area contributed by atoms with E-state index in [2.05, 4.69) is 21.8 Å². The summed E-state index contributed by atoms with van der Waals surface area (Å²) in [5.74, 6) is 1.43. The Bertz CT molecular complexity index is 406. The van der Waals surface area contributed by atoms with E-state index in [9.17, 15) is 4.21 Å². The molecule has 0 aliphatic carbocycles. The minimum Gasteiger partial charge on any atom is -0.383 e. The summed E-state index contributed by atoms with van der Waals surface area (Å²) in [6.45, 7) is 6.69. The molecule has 1 aromatic rings. The number of anilines is 1. The number of hydrogen-bond acceptors (Lipinski definition) is 4. The number of nitrogens with one attached hydrogen (secondary N) is 1. The zero-order valence-electron chi connectivity index (χ0n) is 11.8. The third-order valence-electron chi connectivity index (χ3n) is 2.60. The van der Waals surface area contributed by atoms with E-state index in [4.69, 9.17) is 4.74 Å². The Morgan fingerprint density at radius 2 is 2.22 bits per heavy atom. The fourth-order valence-electron chi connectivity index (χ4n) is 1.89. The van der Waals surface area contributed by atoms with Crippen molar-refractivity contribution < 1.29 is 8.95 Å². The Morgan fingerprint density at radius 3 is 2.78 bits per heavy atom. The molecule has 18 heavy (non-hydrogen) atoms. The summed E-state index contributed by atoms with van der Waals surface area (Å²) in [4.78, 5) is 4.46. The molecule has 0 spiro atoms. The zero-order chi connectivity index (χ0) is 13.7. The molecule has 0 amide bonds. The molecule has 0 saturated carbocycles. The van der Waals surface area contributed by atoms with Gasteiger partial charge < -0.3 is 14.6 Å². The molecule has 1 N–H and O–H groups in total. The van der Waals surface area contributed by atoms with E-state index in [-0.39, 0.29) is 12.1 Å². The minimum absolute atomic E-state index is 0.131. The highest BCUT2D eigenvalue weighted by atomic mass is 32.2. The average Bonchev–Trinajstić information content (AvgIpc) is 2.58. The molecule has 1 aromatic heterocycles. The van der Waals surface area contributed by atoms with Crippen LogP contribution in [0, 0.1) is 6.92 Å². The predicted molar refractivity (Wildman–Crippen MR) is 75.6 cm³/mol. The Balaban J connectivity index is 2.78. The smallest absolute Gasteiger partial charge is 0.203 e. The van der Waals surface area contributed by atoms with Gasteiger partial charge in [-0.3, -0.25) is 4.21 Å². The van der Waals surface area contributed by atoms with Crippen LogP contribution in [0.1, 0.15) is 25.6 Å². The van der Waals surface area contributed by atoms with Crippen molar-refractivity contribution in [3.63, 3.8) is 0 Å². The maximum atomic E-state index is 11.2. The number of nitrogens with zero attached hydrogens (tertiary/aromatic N) is 2. The van der Waals surface area contributed by atoms with Crippen LogP contribution >= 0.6 is 0 Å². The number of aryl methyl sites for hydroxylation is 1. The number of imidazole rings is 1. The first kappa shape index (κ1) is 15.2. The van der Waals surface area contributed by atoms with Gasteiger partial charge in [0.15, 0.2) is 0 Å². The lowest BCUT2D eigenvalue weighted by Gasteiger charge is -2.18. The third kappa shape index (κ3) is 4.42. The molecule has 0 aliphatic heterocycles. The van der Waals surface area contributed by atoms with Crippen molar-refractivity contribution in [3.05, 3.63) is 11.9 Å². The molecule has 0 radical (unpaired) electrons. The normalized spacial score (nSPS) is 16.3. The second-order valence-electron chi connectivity index (χ2n) is 4.70. The standard InChI is InChI=1S/C12H23N3O2S/c1-9-6-15(11(3)7-17-4)12(13-9)14-10(2)8-18(5)16/h6,10-11H,7-8H2,1-5H3,(H,13,14). The summed E-state index contributed by atoms with van der Waals surface area (Å²) in [7, 11) is 0.883. The lowest BCUT2D eigenvalue weighted by Crippen LogP contribution is -2.25. The van der Waals surface area contributed by atoms with Crippen LogP contribution in [0.25, 0.3) is 0 Å². The monoisotopic (exact) mass is 273 g/mol. The number of aromatic nitrogens is 2. The number of hydrogen-bond donors (Lipinski definition) is 1. The van der Waals surface area contributed by atoms with Gasteiger partial charge in [0.1, 0.15) is 0 Å². The summed E-state index contributed by atoms with van der Waals surface area (Å²) < 4.78 is 18.4. The van der Waals surface area contributed by atoms with E-state index >= 15 is 0 Å². The van der Waals surface area contributed by atoms with Gasteiger partial charge in [-0.2, -0.15) is 0 Å². The van der Waals surface area contributed by atoms with Crippen LogP contribution in [-0.2, 0) is 15.5 Å². The Labute approximate surface area is 111 Å². The van der Waals surface area contributed by atoms with Crippen LogP contribution in [0.4, 0.5) is 5.95 Å². The van der Waals surface area contributed by atoms with Gasteiger partial charge >= 0.3 is 0 Å². The van der Waals surface area contributed by atoms with Crippen LogP contribution in [0.5, 0.6) is 0 Å². The first-order valence-electron chi connectivity index (χ1n) is 6.05. The lowest BCUT2D eigenvalue weighted by molar-refractivity contribution is 0.163. The average molecular weight is 273 g/mol. The Kier molecular flexibility index (Phi) is 5.81. The van der Waals surface area contributed by atoms with Crippen molar-refractivity contribution in [2.45, 2.75) is 32.9 Å². The quantitative estimate of drug-likeness (QED) is 0.819. The first-order chi connectivity index (χ1) is 8.43. The van der Waals surface area contributed by atoms with E-state index in [0.717, 1.165) is 11.6 Å². The molecule has 0 saturated heterocycles. The Hall–Kier alpha value is -0.880. The van der Waals surface area contributed by atoms with Crippen molar-refractivity contribution >= 4 is 16.7 Å². The SMILES string of the molecule is COCC(C)n1cc(C)nc1NC(C)CS(C)=O. The summed E-state index contributed by atoms with van der Waals surface area (Å²) >= 11 is 0. The number of ether oxygens (including phenoxy) is 1. The maximum Gasteiger partial charge on any atom is 0.203 e. The second-order valence-corrected chi connectivity index (χ2v) is 6.18. The summed E-state index contributed by atoms with van der Waals surface area (Å²) in [5, 5.41) is 3.31.